The van der Waals surface area contributed by atoms with Gasteiger partial charge in [-0.25, -0.2) is 4.79 Å². The SMILES string of the molecule is COc1cccc(OC)c1NC(=O)Nc1cccc(Cl)c1C. The van der Waals surface area contributed by atoms with E-state index in [4.69, 9.17) is 21.1 Å². The summed E-state index contributed by atoms with van der Waals surface area (Å²) in [6.45, 7) is 1.83. The molecular weight excluding hydrogens is 304 g/mol. The number of anilines is 2. The molecule has 0 saturated heterocycles. The predicted molar refractivity (Wildman–Crippen MR) is 88.4 cm³/mol. The number of hydrogen-bond donors (Lipinski definition) is 2. The zero-order chi connectivity index (χ0) is 16.1. The maximum Gasteiger partial charge on any atom is 0.323 e. The summed E-state index contributed by atoms with van der Waals surface area (Å²) in [7, 11) is 3.05. The van der Waals surface area contributed by atoms with Gasteiger partial charge in [0, 0.05) is 10.7 Å². The van der Waals surface area contributed by atoms with Crippen molar-refractivity contribution >= 4 is 29.0 Å². The van der Waals surface area contributed by atoms with Crippen LogP contribution >= 0.6 is 11.6 Å². The van der Waals surface area contributed by atoms with E-state index in [1.807, 2.05) is 6.92 Å². The molecular formula is C16H17ClN2O3. The molecule has 2 N–H and O–H groups in total. The summed E-state index contributed by atoms with van der Waals surface area (Å²) < 4.78 is 10.5. The van der Waals surface area contributed by atoms with Crippen LogP contribution in [0.2, 0.25) is 5.02 Å². The number of halogens is 1. The van der Waals surface area contributed by atoms with Gasteiger partial charge < -0.3 is 20.1 Å². The van der Waals surface area contributed by atoms with Crippen molar-refractivity contribution < 1.29 is 14.3 Å². The average molecular weight is 321 g/mol. The van der Waals surface area contributed by atoms with E-state index in [0.717, 1.165) is 5.56 Å². The number of carbonyl (C=O) groups excluding carboxylic acids is 1. The Hall–Kier alpha value is -2.40. The Kier molecular flexibility index (Phi) is 5.12. The van der Waals surface area contributed by atoms with Gasteiger partial charge in [0.2, 0.25) is 0 Å². The Morgan fingerprint density at radius 2 is 1.59 bits per heavy atom. The predicted octanol–water partition coefficient (Wildman–Crippen LogP) is 4.31. The number of rotatable bonds is 4. The van der Waals surface area contributed by atoms with Crippen LogP contribution in [0.5, 0.6) is 11.5 Å². The molecule has 0 saturated carbocycles. The van der Waals surface area contributed by atoms with E-state index in [1.54, 1.807) is 36.4 Å². The summed E-state index contributed by atoms with van der Waals surface area (Å²) in [4.78, 5) is 12.2. The molecule has 0 atom stereocenters. The molecule has 0 aliphatic rings. The van der Waals surface area contributed by atoms with Gasteiger partial charge >= 0.3 is 6.03 Å². The van der Waals surface area contributed by atoms with Gasteiger partial charge in [-0.2, -0.15) is 0 Å². The van der Waals surface area contributed by atoms with Gasteiger partial charge in [-0.15, -0.1) is 0 Å². The molecule has 5 nitrogen and oxygen atoms in total. The zero-order valence-corrected chi connectivity index (χ0v) is 13.3. The first-order valence-corrected chi connectivity index (χ1v) is 6.98. The molecule has 0 aromatic heterocycles. The van der Waals surface area contributed by atoms with Crippen molar-refractivity contribution in [2.75, 3.05) is 24.9 Å². The van der Waals surface area contributed by atoms with Gasteiger partial charge in [0.15, 0.2) is 0 Å². The fraction of sp³-hybridized carbons (Fsp3) is 0.188. The van der Waals surface area contributed by atoms with E-state index in [9.17, 15) is 4.79 Å². The van der Waals surface area contributed by atoms with Crippen LogP contribution in [-0.4, -0.2) is 20.3 Å². The Morgan fingerprint density at radius 3 is 2.18 bits per heavy atom. The van der Waals surface area contributed by atoms with Crippen molar-refractivity contribution in [2.24, 2.45) is 0 Å². The van der Waals surface area contributed by atoms with E-state index in [1.165, 1.54) is 14.2 Å². The minimum absolute atomic E-state index is 0.409. The summed E-state index contributed by atoms with van der Waals surface area (Å²) >= 11 is 6.04. The number of benzene rings is 2. The monoisotopic (exact) mass is 320 g/mol. The van der Waals surface area contributed by atoms with Crippen molar-refractivity contribution in [3.8, 4) is 11.5 Å². The summed E-state index contributed by atoms with van der Waals surface area (Å²) in [6.07, 6.45) is 0. The summed E-state index contributed by atoms with van der Waals surface area (Å²) in [6, 6.07) is 10.2. The van der Waals surface area contributed by atoms with Crippen molar-refractivity contribution in [1.82, 2.24) is 0 Å². The molecule has 0 aliphatic carbocycles. The van der Waals surface area contributed by atoms with E-state index >= 15 is 0 Å². The number of urea groups is 1. The number of methoxy groups -OCH3 is 2. The Bertz CT molecular complexity index is 667. The molecule has 0 bridgehead atoms. The normalized spacial score (nSPS) is 10.0. The lowest BCUT2D eigenvalue weighted by molar-refractivity contribution is 0.262. The van der Waals surface area contributed by atoms with Crippen LogP contribution in [0.25, 0.3) is 0 Å². The van der Waals surface area contributed by atoms with Gasteiger partial charge in [-0.1, -0.05) is 23.7 Å². The molecule has 116 valence electrons. The van der Waals surface area contributed by atoms with Crippen LogP contribution in [0, 0.1) is 6.92 Å². The van der Waals surface area contributed by atoms with Crippen LogP contribution in [-0.2, 0) is 0 Å². The maximum absolute atomic E-state index is 12.2. The molecule has 0 fully saturated rings. The molecule has 2 rings (SSSR count). The van der Waals surface area contributed by atoms with Crippen molar-refractivity contribution in [1.29, 1.82) is 0 Å². The third-order valence-electron chi connectivity index (χ3n) is 3.18. The topological polar surface area (TPSA) is 59.6 Å². The van der Waals surface area contributed by atoms with Crippen LogP contribution in [0.3, 0.4) is 0 Å². The van der Waals surface area contributed by atoms with Crippen molar-refractivity contribution in [3.63, 3.8) is 0 Å². The van der Waals surface area contributed by atoms with Crippen molar-refractivity contribution in [2.45, 2.75) is 6.92 Å². The Balaban J connectivity index is 2.21. The fourth-order valence-electron chi connectivity index (χ4n) is 1.98. The van der Waals surface area contributed by atoms with E-state index in [2.05, 4.69) is 10.6 Å². The third-order valence-corrected chi connectivity index (χ3v) is 3.59. The molecule has 22 heavy (non-hydrogen) atoms. The summed E-state index contributed by atoms with van der Waals surface area (Å²) in [5, 5.41) is 6.08. The van der Waals surface area contributed by atoms with Gasteiger partial charge in [0.25, 0.3) is 0 Å². The Morgan fingerprint density at radius 1 is 1.00 bits per heavy atom. The highest BCUT2D eigenvalue weighted by atomic mass is 35.5. The van der Waals surface area contributed by atoms with Crippen LogP contribution in [0.1, 0.15) is 5.56 Å². The second-order valence-electron chi connectivity index (χ2n) is 4.53. The Labute approximate surface area is 134 Å². The number of ether oxygens (including phenoxy) is 2. The van der Waals surface area contributed by atoms with Crippen LogP contribution in [0.15, 0.2) is 36.4 Å². The molecule has 0 unspecified atom stereocenters. The van der Waals surface area contributed by atoms with E-state index < -0.39 is 6.03 Å². The second-order valence-corrected chi connectivity index (χ2v) is 4.94. The quantitative estimate of drug-likeness (QED) is 0.882. The number of para-hydroxylation sites is 1. The number of hydrogen-bond acceptors (Lipinski definition) is 3. The van der Waals surface area contributed by atoms with Crippen molar-refractivity contribution in [3.05, 3.63) is 47.0 Å². The lowest BCUT2D eigenvalue weighted by Crippen LogP contribution is -2.20. The largest absolute Gasteiger partial charge is 0.494 e. The fourth-order valence-corrected chi connectivity index (χ4v) is 2.16. The highest BCUT2D eigenvalue weighted by Crippen LogP contribution is 2.34. The smallest absolute Gasteiger partial charge is 0.323 e. The lowest BCUT2D eigenvalue weighted by atomic mass is 10.2. The summed E-state index contributed by atoms with van der Waals surface area (Å²) in [5.41, 5.74) is 1.90. The highest BCUT2D eigenvalue weighted by Gasteiger charge is 2.14. The molecule has 2 amide bonds. The second kappa shape index (κ2) is 7.04. The highest BCUT2D eigenvalue weighted by molar-refractivity contribution is 6.31. The number of nitrogens with one attached hydrogen (secondary N) is 2. The van der Waals surface area contributed by atoms with Gasteiger partial charge in [0.1, 0.15) is 17.2 Å². The van der Waals surface area contributed by atoms with Crippen LogP contribution < -0.4 is 20.1 Å². The first kappa shape index (κ1) is 16.0. The molecule has 6 heteroatoms. The average Bonchev–Trinajstić information content (AvgIpc) is 2.52. The van der Waals surface area contributed by atoms with Gasteiger partial charge in [-0.05, 0) is 36.8 Å². The third kappa shape index (κ3) is 3.43. The summed E-state index contributed by atoms with van der Waals surface area (Å²) in [5.74, 6) is 1.02. The molecule has 0 radical (unpaired) electrons. The molecule has 0 heterocycles. The molecule has 2 aromatic carbocycles. The first-order valence-electron chi connectivity index (χ1n) is 6.61. The van der Waals surface area contributed by atoms with Crippen LogP contribution in [0.4, 0.5) is 16.2 Å². The lowest BCUT2D eigenvalue weighted by Gasteiger charge is -2.15. The minimum Gasteiger partial charge on any atom is -0.494 e. The number of amides is 2. The number of carbonyl (C=O) groups is 1. The molecule has 2 aromatic rings. The van der Waals surface area contributed by atoms with Gasteiger partial charge in [-0.3, -0.25) is 0 Å². The maximum atomic E-state index is 12.2. The standard InChI is InChI=1S/C16H17ClN2O3/c1-10-11(17)6-4-7-12(10)18-16(20)19-15-13(21-2)8-5-9-14(15)22-3/h4-9H,1-3H3,(H2,18,19,20). The zero-order valence-electron chi connectivity index (χ0n) is 12.6. The molecule has 0 aliphatic heterocycles. The van der Waals surface area contributed by atoms with E-state index in [-0.39, 0.29) is 0 Å². The van der Waals surface area contributed by atoms with E-state index in [0.29, 0.717) is 27.9 Å². The minimum atomic E-state index is -0.409. The van der Waals surface area contributed by atoms with Gasteiger partial charge in [0.05, 0.1) is 14.2 Å². The first-order chi connectivity index (χ1) is 10.6. The molecule has 0 spiro atoms.